The molecular formula is C7H13BrFN. The minimum atomic E-state index is -1.02. The van der Waals surface area contributed by atoms with E-state index in [4.69, 9.17) is 0 Å². The van der Waals surface area contributed by atoms with Gasteiger partial charge in [0.2, 0.25) is 5.20 Å². The Bertz CT molecular complexity index is 91.6. The van der Waals surface area contributed by atoms with E-state index in [9.17, 15) is 4.39 Å². The van der Waals surface area contributed by atoms with Crippen molar-refractivity contribution in [3.63, 3.8) is 0 Å². The molecule has 0 bridgehead atoms. The highest BCUT2D eigenvalue weighted by molar-refractivity contribution is 9.09. The average molecular weight is 210 g/mol. The van der Waals surface area contributed by atoms with Crippen molar-refractivity contribution >= 4 is 15.9 Å². The van der Waals surface area contributed by atoms with Crippen molar-refractivity contribution < 1.29 is 4.39 Å². The summed E-state index contributed by atoms with van der Waals surface area (Å²) in [6.07, 6.45) is 6.07. The molecule has 0 saturated heterocycles. The molecule has 1 saturated carbocycles. The molecule has 3 heteroatoms. The summed E-state index contributed by atoms with van der Waals surface area (Å²) in [5, 5.41) is 1.81. The van der Waals surface area contributed by atoms with E-state index in [0.717, 1.165) is 12.8 Å². The Kier molecular flexibility index (Phi) is 3.63. The fourth-order valence-corrected chi connectivity index (χ4v) is 1.82. The Morgan fingerprint density at radius 1 is 1.30 bits per heavy atom. The Labute approximate surface area is 69.5 Å². The summed E-state index contributed by atoms with van der Waals surface area (Å²) in [6, 6.07) is 0.406. The van der Waals surface area contributed by atoms with Gasteiger partial charge in [0, 0.05) is 6.04 Å². The normalized spacial score (nSPS) is 24.6. The molecule has 10 heavy (non-hydrogen) atoms. The van der Waals surface area contributed by atoms with Crippen LogP contribution >= 0.6 is 15.9 Å². The Morgan fingerprint density at radius 2 is 1.90 bits per heavy atom. The van der Waals surface area contributed by atoms with Gasteiger partial charge in [-0.1, -0.05) is 19.3 Å². The van der Waals surface area contributed by atoms with E-state index in [2.05, 4.69) is 21.2 Å². The third-order valence-corrected chi connectivity index (χ3v) is 2.23. The summed E-state index contributed by atoms with van der Waals surface area (Å²) in [5.41, 5.74) is 0. The maximum Gasteiger partial charge on any atom is 0.206 e. The quantitative estimate of drug-likeness (QED) is 0.545. The van der Waals surface area contributed by atoms with E-state index in [1.54, 1.807) is 0 Å². The van der Waals surface area contributed by atoms with Crippen LogP contribution in [-0.4, -0.2) is 11.2 Å². The zero-order valence-corrected chi connectivity index (χ0v) is 7.53. The SMILES string of the molecule is FC(Br)NC1CCCCC1. The molecule has 0 aliphatic heterocycles. The Morgan fingerprint density at radius 3 is 2.40 bits per heavy atom. The van der Waals surface area contributed by atoms with Crippen molar-refractivity contribution in [2.45, 2.75) is 43.4 Å². The lowest BCUT2D eigenvalue weighted by molar-refractivity contribution is 0.297. The van der Waals surface area contributed by atoms with Crippen LogP contribution in [0.1, 0.15) is 32.1 Å². The first kappa shape index (κ1) is 8.47. The lowest BCUT2D eigenvalue weighted by Gasteiger charge is -2.22. The fraction of sp³-hybridized carbons (Fsp3) is 1.00. The fourth-order valence-electron chi connectivity index (χ4n) is 1.45. The molecule has 1 fully saturated rings. The minimum Gasteiger partial charge on any atom is -0.276 e. The molecule has 1 unspecified atom stereocenters. The number of rotatable bonds is 2. The van der Waals surface area contributed by atoms with Crippen LogP contribution in [0, 0.1) is 0 Å². The number of halogens is 2. The predicted octanol–water partition coefficient (Wildman–Crippen LogP) is 2.56. The molecular weight excluding hydrogens is 197 g/mol. The van der Waals surface area contributed by atoms with Crippen molar-refractivity contribution in [2.75, 3.05) is 0 Å². The second kappa shape index (κ2) is 4.29. The average Bonchev–Trinajstić information content (AvgIpc) is 1.88. The van der Waals surface area contributed by atoms with Gasteiger partial charge >= 0.3 is 0 Å². The van der Waals surface area contributed by atoms with Crippen LogP contribution in [0.25, 0.3) is 0 Å². The van der Waals surface area contributed by atoms with E-state index in [-0.39, 0.29) is 0 Å². The molecule has 0 radical (unpaired) electrons. The summed E-state index contributed by atoms with van der Waals surface area (Å²) in [6.45, 7) is 0. The molecule has 0 aromatic heterocycles. The monoisotopic (exact) mass is 209 g/mol. The van der Waals surface area contributed by atoms with Gasteiger partial charge in [-0.05, 0) is 28.8 Å². The van der Waals surface area contributed by atoms with Gasteiger partial charge < -0.3 is 0 Å². The zero-order valence-electron chi connectivity index (χ0n) is 5.95. The number of hydrogen-bond acceptors (Lipinski definition) is 1. The topological polar surface area (TPSA) is 12.0 Å². The summed E-state index contributed by atoms with van der Waals surface area (Å²) < 4.78 is 12.3. The van der Waals surface area contributed by atoms with Crippen molar-refractivity contribution in [3.05, 3.63) is 0 Å². The lowest BCUT2D eigenvalue weighted by atomic mass is 9.96. The number of alkyl halides is 2. The van der Waals surface area contributed by atoms with Crippen LogP contribution in [0.3, 0.4) is 0 Å². The largest absolute Gasteiger partial charge is 0.276 e. The Hall–Kier alpha value is 0.370. The molecule has 60 valence electrons. The molecule has 0 heterocycles. The molecule has 1 aliphatic carbocycles. The summed E-state index contributed by atoms with van der Waals surface area (Å²) in [4.78, 5) is 0. The molecule has 0 spiro atoms. The van der Waals surface area contributed by atoms with Crippen LogP contribution in [0.15, 0.2) is 0 Å². The number of nitrogens with one attached hydrogen (secondary N) is 1. The summed E-state index contributed by atoms with van der Waals surface area (Å²) >= 11 is 2.83. The molecule has 1 aliphatic rings. The van der Waals surface area contributed by atoms with Gasteiger partial charge in [0.15, 0.2) is 0 Å². The first-order valence-corrected chi connectivity index (χ1v) is 4.75. The highest BCUT2D eigenvalue weighted by atomic mass is 79.9. The van der Waals surface area contributed by atoms with Crippen LogP contribution in [0.2, 0.25) is 0 Å². The second-order valence-electron chi connectivity index (χ2n) is 2.80. The van der Waals surface area contributed by atoms with Crippen molar-refractivity contribution in [3.8, 4) is 0 Å². The predicted molar refractivity (Wildman–Crippen MR) is 43.8 cm³/mol. The molecule has 1 N–H and O–H groups in total. The smallest absolute Gasteiger partial charge is 0.206 e. The maximum atomic E-state index is 12.3. The van der Waals surface area contributed by atoms with Crippen LogP contribution in [-0.2, 0) is 0 Å². The van der Waals surface area contributed by atoms with E-state index < -0.39 is 5.20 Å². The zero-order chi connectivity index (χ0) is 7.40. The first-order valence-electron chi connectivity index (χ1n) is 3.83. The van der Waals surface area contributed by atoms with Crippen LogP contribution < -0.4 is 5.32 Å². The third kappa shape index (κ3) is 2.97. The molecule has 1 rings (SSSR count). The highest BCUT2D eigenvalue weighted by Gasteiger charge is 2.14. The van der Waals surface area contributed by atoms with Crippen molar-refractivity contribution in [1.29, 1.82) is 0 Å². The Balaban J connectivity index is 2.13. The van der Waals surface area contributed by atoms with E-state index in [0.29, 0.717) is 6.04 Å². The van der Waals surface area contributed by atoms with Gasteiger partial charge in [0.05, 0.1) is 0 Å². The van der Waals surface area contributed by atoms with Crippen molar-refractivity contribution in [1.82, 2.24) is 5.32 Å². The van der Waals surface area contributed by atoms with Crippen LogP contribution in [0.5, 0.6) is 0 Å². The second-order valence-corrected chi connectivity index (χ2v) is 3.61. The molecule has 1 nitrogen and oxygen atoms in total. The van der Waals surface area contributed by atoms with E-state index in [1.807, 2.05) is 0 Å². The van der Waals surface area contributed by atoms with Gasteiger partial charge in [-0.3, -0.25) is 5.32 Å². The molecule has 0 aromatic carbocycles. The third-order valence-electron chi connectivity index (χ3n) is 1.97. The van der Waals surface area contributed by atoms with E-state index >= 15 is 0 Å². The maximum absolute atomic E-state index is 12.3. The summed E-state index contributed by atoms with van der Waals surface area (Å²) in [7, 11) is 0. The molecule has 0 aromatic rings. The van der Waals surface area contributed by atoms with E-state index in [1.165, 1.54) is 19.3 Å². The highest BCUT2D eigenvalue weighted by Crippen LogP contribution is 2.18. The number of hydrogen-bond donors (Lipinski definition) is 1. The lowest BCUT2D eigenvalue weighted by Crippen LogP contribution is -2.33. The molecule has 1 atom stereocenters. The standard InChI is InChI=1S/C7H13BrFN/c8-7(9)10-6-4-2-1-3-5-6/h6-7,10H,1-5H2. The van der Waals surface area contributed by atoms with Gasteiger partial charge in [-0.15, -0.1) is 0 Å². The van der Waals surface area contributed by atoms with Gasteiger partial charge in [0.1, 0.15) is 0 Å². The van der Waals surface area contributed by atoms with Gasteiger partial charge in [0.25, 0.3) is 0 Å². The summed E-state index contributed by atoms with van der Waals surface area (Å²) in [5.74, 6) is 0. The van der Waals surface area contributed by atoms with Crippen molar-refractivity contribution in [2.24, 2.45) is 0 Å². The van der Waals surface area contributed by atoms with Gasteiger partial charge in [-0.2, -0.15) is 0 Å². The molecule has 0 amide bonds. The minimum absolute atomic E-state index is 0.406. The van der Waals surface area contributed by atoms with Gasteiger partial charge in [-0.25, -0.2) is 4.39 Å². The first-order chi connectivity index (χ1) is 4.79. The van der Waals surface area contributed by atoms with Crippen LogP contribution in [0.4, 0.5) is 4.39 Å².